The van der Waals surface area contributed by atoms with E-state index < -0.39 is 44.8 Å². The van der Waals surface area contributed by atoms with Gasteiger partial charge in [0.05, 0.1) is 37.7 Å². The second-order valence-electron chi connectivity index (χ2n) is 12.6. The van der Waals surface area contributed by atoms with Crippen molar-refractivity contribution >= 4 is 39.2 Å². The molecule has 11 nitrogen and oxygen atoms in total. The van der Waals surface area contributed by atoms with Crippen LogP contribution in [0.2, 0.25) is 0 Å². The maximum atomic E-state index is 13.6. The van der Waals surface area contributed by atoms with E-state index in [0.717, 1.165) is 18.2 Å². The van der Waals surface area contributed by atoms with E-state index in [0.29, 0.717) is 16.9 Å². The zero-order valence-electron chi connectivity index (χ0n) is 26.8. The molecule has 0 radical (unpaired) electrons. The molecule has 12 heteroatoms. The Balaban J connectivity index is 1.29. The monoisotopic (exact) mass is 668 g/mol. The molecular formula is C36H32N2O9S. The number of carbonyl (C=O) groups excluding carboxylic acids is 4. The maximum Gasteiger partial charge on any atom is 0.266 e. The molecule has 0 aliphatic carbocycles. The molecule has 0 saturated heterocycles. The Morgan fingerprint density at radius 1 is 0.688 bits per heavy atom. The molecule has 6 rings (SSSR count). The second-order valence-corrected chi connectivity index (χ2v) is 14.6. The van der Waals surface area contributed by atoms with Gasteiger partial charge in [-0.3, -0.25) is 24.1 Å². The van der Waals surface area contributed by atoms with Crippen LogP contribution >= 0.6 is 0 Å². The van der Waals surface area contributed by atoms with Crippen molar-refractivity contribution in [2.45, 2.75) is 62.3 Å². The van der Waals surface area contributed by atoms with E-state index in [1.807, 2.05) is 20.8 Å². The van der Waals surface area contributed by atoms with Crippen LogP contribution in [0.15, 0.2) is 82.6 Å². The van der Waals surface area contributed by atoms with Crippen LogP contribution in [-0.2, 0) is 9.84 Å². The fourth-order valence-corrected chi connectivity index (χ4v) is 7.09. The molecule has 48 heavy (non-hydrogen) atoms. The van der Waals surface area contributed by atoms with Crippen LogP contribution in [0.4, 0.5) is 5.69 Å². The van der Waals surface area contributed by atoms with Crippen molar-refractivity contribution in [2.75, 3.05) is 4.90 Å². The third-order valence-electron chi connectivity index (χ3n) is 8.85. The van der Waals surface area contributed by atoms with Crippen LogP contribution in [0.5, 0.6) is 23.0 Å². The molecule has 0 bridgehead atoms. The Bertz CT molecular complexity index is 2190. The van der Waals surface area contributed by atoms with Gasteiger partial charge in [-0.25, -0.2) is 13.3 Å². The van der Waals surface area contributed by atoms with Crippen molar-refractivity contribution in [3.63, 3.8) is 0 Å². The molecule has 0 aromatic heterocycles. The summed E-state index contributed by atoms with van der Waals surface area (Å²) in [6.45, 7) is 9.12. The molecule has 0 unspecified atom stereocenters. The molecule has 0 fully saturated rings. The summed E-state index contributed by atoms with van der Waals surface area (Å²) in [6.07, 6.45) is 0.566. The van der Waals surface area contributed by atoms with Gasteiger partial charge in [0.2, 0.25) is 9.84 Å². The molecule has 4 aromatic carbocycles. The van der Waals surface area contributed by atoms with Gasteiger partial charge in [-0.2, -0.15) is 0 Å². The number of imide groups is 2. The van der Waals surface area contributed by atoms with Gasteiger partial charge in [-0.05, 0) is 105 Å². The lowest BCUT2D eigenvalue weighted by molar-refractivity contribution is 0.0474. The Labute approximate surface area is 276 Å². The number of anilines is 1. The highest BCUT2D eigenvalue weighted by Crippen LogP contribution is 2.40. The van der Waals surface area contributed by atoms with E-state index in [9.17, 15) is 37.8 Å². The minimum atomic E-state index is -4.19. The van der Waals surface area contributed by atoms with E-state index in [1.165, 1.54) is 59.5 Å². The molecule has 2 aliphatic heterocycles. The van der Waals surface area contributed by atoms with Crippen molar-refractivity contribution in [3.05, 3.63) is 101 Å². The van der Waals surface area contributed by atoms with E-state index in [4.69, 9.17) is 4.74 Å². The summed E-state index contributed by atoms with van der Waals surface area (Å²) < 4.78 is 33.1. The third kappa shape index (κ3) is 5.09. The predicted molar refractivity (Wildman–Crippen MR) is 175 cm³/mol. The molecule has 2 aliphatic rings. The minimum Gasteiger partial charge on any atom is -0.508 e. The van der Waals surface area contributed by atoms with Crippen LogP contribution in [0, 0.1) is 0 Å². The first-order valence-corrected chi connectivity index (χ1v) is 16.7. The van der Waals surface area contributed by atoms with Crippen molar-refractivity contribution in [2.24, 2.45) is 0 Å². The van der Waals surface area contributed by atoms with Crippen molar-refractivity contribution in [1.29, 1.82) is 0 Å². The molecule has 0 atom stereocenters. The summed E-state index contributed by atoms with van der Waals surface area (Å²) >= 11 is 0. The number of phenols is 2. The number of hydrogen-bond donors (Lipinski definition) is 2. The Morgan fingerprint density at radius 2 is 1.19 bits per heavy atom. The molecule has 2 heterocycles. The number of nitrogens with zero attached hydrogens (tertiary/aromatic N) is 2. The number of ether oxygens (including phenoxy) is 1. The normalized spacial score (nSPS) is 14.6. The van der Waals surface area contributed by atoms with Crippen molar-refractivity contribution in [3.8, 4) is 23.0 Å². The zero-order chi connectivity index (χ0) is 34.9. The van der Waals surface area contributed by atoms with E-state index in [2.05, 4.69) is 0 Å². The largest absolute Gasteiger partial charge is 0.508 e. The van der Waals surface area contributed by atoms with Gasteiger partial charge in [0.1, 0.15) is 23.0 Å². The molecule has 246 valence electrons. The number of fused-ring (bicyclic) bond motifs is 2. The van der Waals surface area contributed by atoms with Crippen LogP contribution in [0.3, 0.4) is 0 Å². The highest BCUT2D eigenvalue weighted by Gasteiger charge is 2.43. The minimum absolute atomic E-state index is 0.00675. The Kier molecular flexibility index (Phi) is 7.67. The lowest BCUT2D eigenvalue weighted by Gasteiger charge is -2.32. The first-order chi connectivity index (χ1) is 22.6. The molecule has 2 N–H and O–H groups in total. The molecule has 4 aromatic rings. The number of hydrogen-bond acceptors (Lipinski definition) is 9. The van der Waals surface area contributed by atoms with Crippen LogP contribution in [0.25, 0.3) is 0 Å². The summed E-state index contributed by atoms with van der Waals surface area (Å²) in [5, 5.41) is 20.9. The number of sulfone groups is 1. The molecule has 0 saturated carbocycles. The highest BCUT2D eigenvalue weighted by molar-refractivity contribution is 7.91. The highest BCUT2D eigenvalue weighted by atomic mass is 32.2. The smallest absolute Gasteiger partial charge is 0.266 e. The van der Waals surface area contributed by atoms with Crippen molar-refractivity contribution < 1.29 is 42.5 Å². The van der Waals surface area contributed by atoms with Gasteiger partial charge < -0.3 is 14.9 Å². The second kappa shape index (κ2) is 11.3. The molecular weight excluding hydrogens is 636 g/mol. The van der Waals surface area contributed by atoms with E-state index in [1.54, 1.807) is 13.8 Å². The van der Waals surface area contributed by atoms with E-state index >= 15 is 0 Å². The van der Waals surface area contributed by atoms with Crippen LogP contribution < -0.4 is 9.64 Å². The van der Waals surface area contributed by atoms with Gasteiger partial charge in [-0.1, -0.05) is 20.8 Å². The summed E-state index contributed by atoms with van der Waals surface area (Å²) in [7, 11) is -4.19. The fourth-order valence-electron chi connectivity index (χ4n) is 5.78. The lowest BCUT2D eigenvalue weighted by atomic mass is 9.99. The SMILES string of the molecule is CCC(C)(C)N1C(=O)c2ccc(Oc3ccc4c(c3)C(=O)N(c3cc(S(=O)(=O)c5ccc(O)c(C(C)C)c5)ccc3O)C4=O)cc2C1=O. The van der Waals surface area contributed by atoms with Crippen molar-refractivity contribution in [1.82, 2.24) is 4.90 Å². The Morgan fingerprint density at radius 3 is 1.77 bits per heavy atom. The molecule has 4 amide bonds. The summed E-state index contributed by atoms with van der Waals surface area (Å²) in [4.78, 5) is 54.8. The molecule has 0 spiro atoms. The fraction of sp³-hybridized carbons (Fsp3) is 0.222. The Hall–Kier alpha value is -5.49. The quantitative estimate of drug-likeness (QED) is 0.202. The average Bonchev–Trinajstić information content (AvgIpc) is 3.44. The van der Waals surface area contributed by atoms with Gasteiger partial charge in [0.25, 0.3) is 23.6 Å². The summed E-state index contributed by atoms with van der Waals surface area (Å²) in [6, 6.07) is 15.9. The zero-order valence-corrected chi connectivity index (χ0v) is 27.6. The average molecular weight is 669 g/mol. The number of carbonyl (C=O) groups is 4. The summed E-state index contributed by atoms with van der Waals surface area (Å²) in [5.41, 5.74) is -0.177. The van der Waals surface area contributed by atoms with E-state index in [-0.39, 0.29) is 60.9 Å². The van der Waals surface area contributed by atoms with Gasteiger partial charge >= 0.3 is 0 Å². The predicted octanol–water partition coefficient (Wildman–Crippen LogP) is 6.43. The summed E-state index contributed by atoms with van der Waals surface area (Å²) in [5.74, 6) is -2.74. The van der Waals surface area contributed by atoms with Gasteiger partial charge in [0, 0.05) is 5.54 Å². The van der Waals surface area contributed by atoms with Crippen LogP contribution in [0.1, 0.15) is 94.0 Å². The number of amides is 4. The standard InChI is InChI=1S/C36H32N2O9S/c1-6-36(4,5)38-34(43)25-12-8-21(16-28(25)35(38)44)47-20-7-11-24-27(15-20)33(42)37(32(24)41)29-18-23(10-14-31(29)40)48(45,46)22-9-13-30(39)26(17-22)19(2)3/h7-19,39-40H,6H2,1-5H3. The first-order valence-electron chi connectivity index (χ1n) is 15.2. The topological polar surface area (TPSA) is 159 Å². The number of phenolic OH excluding ortho intramolecular Hbond substituents is 2. The van der Waals surface area contributed by atoms with Gasteiger partial charge in [0.15, 0.2) is 0 Å². The third-order valence-corrected chi connectivity index (χ3v) is 10.6. The maximum absolute atomic E-state index is 13.6. The first kappa shape index (κ1) is 32.5. The number of aromatic hydroxyl groups is 2. The van der Waals surface area contributed by atoms with Gasteiger partial charge in [-0.15, -0.1) is 0 Å². The number of rotatable bonds is 8. The number of benzene rings is 4. The lowest BCUT2D eigenvalue weighted by Crippen LogP contribution is -2.47. The van der Waals surface area contributed by atoms with Crippen LogP contribution in [-0.4, -0.2) is 52.7 Å².